The lowest BCUT2D eigenvalue weighted by atomic mass is 10.0. The molecular weight excluding hydrogens is 482 g/mol. The Morgan fingerprint density at radius 3 is 2.49 bits per heavy atom. The fourth-order valence-electron chi connectivity index (χ4n) is 4.63. The minimum absolute atomic E-state index is 0.251. The van der Waals surface area contributed by atoms with E-state index in [1.165, 1.54) is 31.4 Å². The number of ether oxygens (including phenoxy) is 1. The summed E-state index contributed by atoms with van der Waals surface area (Å²) in [7, 11) is 0. The van der Waals surface area contributed by atoms with Crippen molar-refractivity contribution in [2.75, 3.05) is 23.3 Å². The quantitative estimate of drug-likeness (QED) is 0.271. The molecule has 0 aliphatic carbocycles. The summed E-state index contributed by atoms with van der Waals surface area (Å²) in [4.78, 5) is 2.37. The van der Waals surface area contributed by atoms with Gasteiger partial charge in [-0.2, -0.15) is 0 Å². The summed E-state index contributed by atoms with van der Waals surface area (Å²) in [6.07, 6.45) is 3.71. The molecule has 3 nitrogen and oxygen atoms in total. The average Bonchev–Trinajstić information content (AvgIpc) is 2.87. The third-order valence-electron chi connectivity index (χ3n) is 6.51. The van der Waals surface area contributed by atoms with Gasteiger partial charge in [0.15, 0.2) is 0 Å². The second-order valence-corrected chi connectivity index (χ2v) is 9.67. The van der Waals surface area contributed by atoms with Crippen molar-refractivity contribution >= 4 is 45.3 Å². The van der Waals surface area contributed by atoms with Gasteiger partial charge in [0.2, 0.25) is 0 Å². The van der Waals surface area contributed by atoms with Crippen molar-refractivity contribution in [2.45, 2.75) is 32.4 Å². The zero-order valence-electron chi connectivity index (χ0n) is 19.4. The molecule has 0 aromatic heterocycles. The van der Waals surface area contributed by atoms with Crippen molar-refractivity contribution in [1.29, 1.82) is 0 Å². The highest BCUT2D eigenvalue weighted by molar-refractivity contribution is 6.33. The van der Waals surface area contributed by atoms with E-state index in [0.29, 0.717) is 11.6 Å². The molecule has 0 amide bonds. The smallest absolute Gasteiger partial charge is 0.125 e. The van der Waals surface area contributed by atoms with Gasteiger partial charge in [0, 0.05) is 36.4 Å². The molecule has 5 rings (SSSR count). The predicted molar refractivity (Wildman–Crippen MR) is 145 cm³/mol. The van der Waals surface area contributed by atoms with Crippen LogP contribution < -0.4 is 15.0 Å². The summed E-state index contributed by atoms with van der Waals surface area (Å²) in [5.74, 6) is 0.395. The number of nitrogens with one attached hydrogen (secondary N) is 1. The van der Waals surface area contributed by atoms with E-state index in [2.05, 4.69) is 34.5 Å². The topological polar surface area (TPSA) is 24.5 Å². The fourth-order valence-corrected chi connectivity index (χ4v) is 5.15. The van der Waals surface area contributed by atoms with E-state index in [4.69, 9.17) is 27.9 Å². The standard InChI is InChI=1S/C29H27Cl2FN2O/c30-26-16-22(32)10-8-21(26)19-35-29-13-9-20-6-2-3-7-24(20)25(29)18-33-23-11-12-28(27(31)17-23)34-14-4-1-5-15-34/h2-3,6-13,16-17,33H,1,4-5,14-15,18-19H2. The largest absolute Gasteiger partial charge is 0.488 e. The molecule has 1 saturated heterocycles. The maximum Gasteiger partial charge on any atom is 0.125 e. The number of fused-ring (bicyclic) bond motifs is 1. The van der Waals surface area contributed by atoms with Crippen LogP contribution in [0.5, 0.6) is 5.75 Å². The lowest BCUT2D eigenvalue weighted by Crippen LogP contribution is -2.29. The van der Waals surface area contributed by atoms with Crippen LogP contribution in [0.1, 0.15) is 30.4 Å². The summed E-state index contributed by atoms with van der Waals surface area (Å²) < 4.78 is 19.6. The van der Waals surface area contributed by atoms with Gasteiger partial charge < -0.3 is 15.0 Å². The Morgan fingerprint density at radius 2 is 1.69 bits per heavy atom. The van der Waals surface area contributed by atoms with Gasteiger partial charge in [0.1, 0.15) is 18.2 Å². The summed E-state index contributed by atoms with van der Waals surface area (Å²) in [5.41, 5.74) is 3.83. The van der Waals surface area contributed by atoms with Crippen LogP contribution >= 0.6 is 23.2 Å². The van der Waals surface area contributed by atoms with E-state index in [1.807, 2.05) is 30.3 Å². The molecular formula is C29H27Cl2FN2O. The number of nitrogens with zero attached hydrogens (tertiary/aromatic N) is 1. The molecule has 180 valence electrons. The van der Waals surface area contributed by atoms with Gasteiger partial charge in [-0.25, -0.2) is 4.39 Å². The Balaban J connectivity index is 1.37. The molecule has 0 bridgehead atoms. The molecule has 35 heavy (non-hydrogen) atoms. The summed E-state index contributed by atoms with van der Waals surface area (Å²) in [6, 6.07) is 22.8. The van der Waals surface area contributed by atoms with Crippen LogP contribution in [-0.2, 0) is 13.2 Å². The number of piperidine rings is 1. The molecule has 1 aliphatic heterocycles. The van der Waals surface area contributed by atoms with Crippen molar-refractivity contribution in [3.05, 3.63) is 99.8 Å². The Bertz CT molecular complexity index is 1340. The molecule has 6 heteroatoms. The Labute approximate surface area is 215 Å². The van der Waals surface area contributed by atoms with Crippen LogP contribution in [0.2, 0.25) is 10.0 Å². The van der Waals surface area contributed by atoms with E-state index in [9.17, 15) is 4.39 Å². The molecule has 0 atom stereocenters. The minimum Gasteiger partial charge on any atom is -0.488 e. The molecule has 0 radical (unpaired) electrons. The molecule has 1 aliphatic rings. The van der Waals surface area contributed by atoms with Gasteiger partial charge in [-0.3, -0.25) is 0 Å². The summed E-state index contributed by atoms with van der Waals surface area (Å²) in [6.45, 7) is 2.93. The van der Waals surface area contributed by atoms with Crippen LogP contribution in [0.3, 0.4) is 0 Å². The number of benzene rings is 4. The molecule has 4 aromatic carbocycles. The van der Waals surface area contributed by atoms with Crippen molar-refractivity contribution < 1.29 is 9.13 Å². The van der Waals surface area contributed by atoms with Crippen LogP contribution in [0.25, 0.3) is 10.8 Å². The van der Waals surface area contributed by atoms with Gasteiger partial charge >= 0.3 is 0 Å². The van der Waals surface area contributed by atoms with Gasteiger partial charge in [-0.05, 0) is 66.4 Å². The van der Waals surface area contributed by atoms with Crippen molar-refractivity contribution in [3.63, 3.8) is 0 Å². The van der Waals surface area contributed by atoms with Gasteiger partial charge in [-0.1, -0.05) is 59.6 Å². The third kappa shape index (κ3) is 5.50. The van der Waals surface area contributed by atoms with E-state index < -0.39 is 0 Å². The predicted octanol–water partition coefficient (Wildman–Crippen LogP) is 8.47. The highest BCUT2D eigenvalue weighted by Gasteiger charge is 2.15. The highest BCUT2D eigenvalue weighted by Crippen LogP contribution is 2.33. The molecule has 1 fully saturated rings. The highest BCUT2D eigenvalue weighted by atomic mass is 35.5. The maximum atomic E-state index is 13.4. The number of hydrogen-bond acceptors (Lipinski definition) is 3. The molecule has 1 heterocycles. The molecule has 0 saturated carbocycles. The molecule has 4 aromatic rings. The number of anilines is 2. The van der Waals surface area contributed by atoms with Crippen LogP contribution in [0, 0.1) is 5.82 Å². The molecule has 0 spiro atoms. The average molecular weight is 509 g/mol. The lowest BCUT2D eigenvalue weighted by Gasteiger charge is -2.29. The first kappa shape index (κ1) is 23.8. The van der Waals surface area contributed by atoms with Crippen molar-refractivity contribution in [3.8, 4) is 5.75 Å². The van der Waals surface area contributed by atoms with Crippen molar-refractivity contribution in [1.82, 2.24) is 0 Å². The third-order valence-corrected chi connectivity index (χ3v) is 7.16. The zero-order valence-corrected chi connectivity index (χ0v) is 20.9. The van der Waals surface area contributed by atoms with E-state index in [1.54, 1.807) is 6.07 Å². The number of halogens is 3. The first-order chi connectivity index (χ1) is 17.1. The Morgan fingerprint density at radius 1 is 0.857 bits per heavy atom. The van der Waals surface area contributed by atoms with Crippen molar-refractivity contribution in [2.24, 2.45) is 0 Å². The summed E-state index contributed by atoms with van der Waals surface area (Å²) in [5, 5.41) is 6.88. The van der Waals surface area contributed by atoms with Crippen LogP contribution in [0.4, 0.5) is 15.8 Å². The van der Waals surface area contributed by atoms with Gasteiger partial charge in [0.25, 0.3) is 0 Å². The number of rotatable bonds is 7. The monoisotopic (exact) mass is 508 g/mol. The van der Waals surface area contributed by atoms with E-state index in [-0.39, 0.29) is 12.4 Å². The Kier molecular flexibility index (Phi) is 7.31. The Hall–Kier alpha value is -2.95. The first-order valence-electron chi connectivity index (χ1n) is 11.9. The zero-order chi connectivity index (χ0) is 24.2. The lowest BCUT2D eigenvalue weighted by molar-refractivity contribution is 0.304. The van der Waals surface area contributed by atoms with E-state index in [0.717, 1.165) is 57.1 Å². The maximum absolute atomic E-state index is 13.4. The number of hydrogen-bond donors (Lipinski definition) is 1. The van der Waals surface area contributed by atoms with Gasteiger partial charge in [-0.15, -0.1) is 0 Å². The second-order valence-electron chi connectivity index (χ2n) is 8.86. The SMILES string of the molecule is Fc1ccc(COc2ccc3ccccc3c2CNc2ccc(N3CCCCC3)c(Cl)c2)c(Cl)c1. The normalized spacial score (nSPS) is 13.7. The molecule has 1 N–H and O–H groups in total. The summed E-state index contributed by atoms with van der Waals surface area (Å²) >= 11 is 12.9. The first-order valence-corrected chi connectivity index (χ1v) is 12.7. The second kappa shape index (κ2) is 10.8. The van der Waals surface area contributed by atoms with Crippen LogP contribution in [-0.4, -0.2) is 13.1 Å². The molecule has 0 unspecified atom stereocenters. The van der Waals surface area contributed by atoms with E-state index >= 15 is 0 Å². The van der Waals surface area contributed by atoms with Gasteiger partial charge in [0.05, 0.1) is 15.7 Å². The van der Waals surface area contributed by atoms with Crippen LogP contribution in [0.15, 0.2) is 72.8 Å². The fraction of sp³-hybridized carbons (Fsp3) is 0.241. The minimum atomic E-state index is -0.362.